The predicted molar refractivity (Wildman–Crippen MR) is 169 cm³/mol. The molecule has 0 saturated carbocycles. The molecule has 0 aliphatic rings. The Bertz CT molecular complexity index is 1110. The van der Waals surface area contributed by atoms with Crippen LogP contribution in [0, 0.1) is 0 Å². The van der Waals surface area contributed by atoms with Gasteiger partial charge in [0.05, 0.1) is 20.8 Å². The third-order valence-corrected chi connectivity index (χ3v) is 12.6. The van der Waals surface area contributed by atoms with Crippen molar-refractivity contribution in [1.29, 1.82) is 0 Å². The van der Waals surface area contributed by atoms with Crippen molar-refractivity contribution in [1.82, 2.24) is 0 Å². The molecule has 3 aromatic rings. The minimum Gasteiger partial charge on any atom is -0.496 e. The van der Waals surface area contributed by atoms with E-state index in [1.807, 2.05) is 6.08 Å². The molecule has 0 radical (unpaired) electrons. The molecule has 0 saturated heterocycles. The summed E-state index contributed by atoms with van der Waals surface area (Å²) < 4.78 is 19.2. The molecule has 0 unspecified atom stereocenters. The van der Waals surface area contributed by atoms with Crippen LogP contribution in [0.2, 0.25) is 5.04 Å². The summed E-state index contributed by atoms with van der Waals surface area (Å²) in [7, 11) is 0.828. The number of rotatable bonds is 14. The highest BCUT2D eigenvalue weighted by molar-refractivity contribution is 6.99. The van der Waals surface area contributed by atoms with Gasteiger partial charge < -0.3 is 13.9 Å². The van der Waals surface area contributed by atoms with Crippen molar-refractivity contribution < 1.29 is 13.9 Å². The van der Waals surface area contributed by atoms with E-state index in [1.165, 1.54) is 10.4 Å². The smallest absolute Gasteiger partial charge is 0.261 e. The van der Waals surface area contributed by atoms with Gasteiger partial charge in [-0.2, -0.15) is 0 Å². The molecular formula is C34H45ClO3Si. The summed E-state index contributed by atoms with van der Waals surface area (Å²) >= 11 is 5.92. The highest BCUT2D eigenvalue weighted by Crippen LogP contribution is 2.42. The Morgan fingerprint density at radius 3 is 1.82 bits per heavy atom. The number of halogens is 1. The van der Waals surface area contributed by atoms with Crippen LogP contribution < -0.4 is 19.8 Å². The molecule has 0 N–H and O–H groups in total. The average molecular weight is 565 g/mol. The van der Waals surface area contributed by atoms with E-state index in [1.54, 1.807) is 14.2 Å². The minimum atomic E-state index is -2.67. The lowest BCUT2D eigenvalue weighted by atomic mass is 9.88. The Balaban J connectivity index is 2.07. The van der Waals surface area contributed by atoms with Crippen LogP contribution in [0.5, 0.6) is 11.5 Å². The molecule has 3 aromatic carbocycles. The standard InChI is InChI=1S/C34H45ClO3Si/c1-7-8-17-28(18-15-16-23-35)33-31(36-5)24-27(25-32(33)37-6)26-38-39(34(2,3)4,29-19-11-9-12-20-29)30-21-13-10-14-22-30/h9-16,19-22,24-25,28H,7-8,17-18,23,26H2,1-6H3/b16-15+/t28-/m0/s1. The molecule has 0 amide bonds. The average Bonchev–Trinajstić information content (AvgIpc) is 2.95. The highest BCUT2D eigenvalue weighted by Gasteiger charge is 2.50. The van der Waals surface area contributed by atoms with E-state index in [9.17, 15) is 0 Å². The SMILES string of the molecule is CCCC[C@@H](C/C=C/CCl)c1c(OC)cc(CO[Si](c2ccccc2)(c2ccccc2)C(C)(C)C)cc1OC. The Labute approximate surface area is 242 Å². The lowest BCUT2D eigenvalue weighted by Gasteiger charge is -2.43. The first kappa shape index (κ1) is 31.0. The maximum atomic E-state index is 7.20. The second kappa shape index (κ2) is 14.7. The number of benzene rings is 3. The first-order valence-corrected chi connectivity index (χ1v) is 16.5. The second-order valence-corrected chi connectivity index (χ2v) is 15.7. The normalized spacial score (nSPS) is 13.0. The van der Waals surface area contributed by atoms with Crippen molar-refractivity contribution in [3.8, 4) is 11.5 Å². The van der Waals surface area contributed by atoms with E-state index in [0.29, 0.717) is 18.4 Å². The van der Waals surface area contributed by atoms with Crippen LogP contribution in [-0.4, -0.2) is 28.4 Å². The summed E-state index contributed by atoms with van der Waals surface area (Å²) in [4.78, 5) is 0. The third kappa shape index (κ3) is 7.36. The predicted octanol–water partition coefficient (Wildman–Crippen LogP) is 8.24. The Kier molecular flexibility index (Phi) is 11.7. The minimum absolute atomic E-state index is 0.0934. The van der Waals surface area contributed by atoms with Gasteiger partial charge in [-0.1, -0.05) is 113 Å². The second-order valence-electron chi connectivity index (χ2n) is 11.1. The molecule has 0 aliphatic carbocycles. The molecule has 3 rings (SSSR count). The van der Waals surface area contributed by atoms with E-state index < -0.39 is 8.32 Å². The van der Waals surface area contributed by atoms with Crippen LogP contribution in [0.25, 0.3) is 0 Å². The quantitative estimate of drug-likeness (QED) is 0.112. The van der Waals surface area contributed by atoms with E-state index >= 15 is 0 Å². The fourth-order valence-electron chi connectivity index (χ4n) is 5.59. The zero-order valence-corrected chi connectivity index (χ0v) is 26.3. The van der Waals surface area contributed by atoms with E-state index in [2.05, 4.69) is 107 Å². The Morgan fingerprint density at radius 1 is 0.846 bits per heavy atom. The summed E-state index contributed by atoms with van der Waals surface area (Å²) in [6.07, 6.45) is 8.44. The van der Waals surface area contributed by atoms with Crippen LogP contribution in [0.15, 0.2) is 84.9 Å². The number of ether oxygens (including phenoxy) is 2. The summed E-state index contributed by atoms with van der Waals surface area (Å²) in [5.74, 6) is 2.53. The van der Waals surface area contributed by atoms with Crippen molar-refractivity contribution in [3.63, 3.8) is 0 Å². The van der Waals surface area contributed by atoms with Crippen LogP contribution in [0.4, 0.5) is 0 Å². The van der Waals surface area contributed by atoms with Crippen molar-refractivity contribution >= 4 is 30.3 Å². The summed E-state index contributed by atoms with van der Waals surface area (Å²) in [5, 5.41) is 2.44. The molecule has 5 heteroatoms. The van der Waals surface area contributed by atoms with Crippen molar-refractivity contribution in [2.24, 2.45) is 0 Å². The number of alkyl halides is 1. The maximum Gasteiger partial charge on any atom is 0.261 e. The van der Waals surface area contributed by atoms with Gasteiger partial charge in [0.1, 0.15) is 11.5 Å². The number of hydrogen-bond donors (Lipinski definition) is 0. The lowest BCUT2D eigenvalue weighted by Crippen LogP contribution is -2.66. The number of allylic oxidation sites excluding steroid dienone is 2. The van der Waals surface area contributed by atoms with E-state index in [0.717, 1.165) is 48.3 Å². The van der Waals surface area contributed by atoms with Gasteiger partial charge in [0, 0.05) is 11.4 Å². The van der Waals surface area contributed by atoms with Gasteiger partial charge in [-0.3, -0.25) is 0 Å². The number of unbranched alkanes of at least 4 members (excludes halogenated alkanes) is 1. The van der Waals surface area contributed by atoms with E-state index in [4.69, 9.17) is 25.5 Å². The van der Waals surface area contributed by atoms with Gasteiger partial charge in [-0.25, -0.2) is 0 Å². The van der Waals surface area contributed by atoms with Gasteiger partial charge in [0.15, 0.2) is 0 Å². The molecule has 0 fully saturated rings. The zero-order chi connectivity index (χ0) is 28.3. The molecular weight excluding hydrogens is 520 g/mol. The van der Waals surface area contributed by atoms with Crippen LogP contribution in [-0.2, 0) is 11.0 Å². The van der Waals surface area contributed by atoms with Crippen LogP contribution in [0.3, 0.4) is 0 Å². The Morgan fingerprint density at radius 2 is 1.38 bits per heavy atom. The fourth-order valence-corrected chi connectivity index (χ4v) is 10.3. The monoisotopic (exact) mass is 564 g/mol. The third-order valence-electron chi connectivity index (χ3n) is 7.47. The molecule has 0 bridgehead atoms. The summed E-state index contributed by atoms with van der Waals surface area (Å²) in [6, 6.07) is 25.8. The van der Waals surface area contributed by atoms with Gasteiger partial charge in [-0.15, -0.1) is 11.6 Å². The lowest BCUT2D eigenvalue weighted by molar-refractivity contribution is 0.284. The van der Waals surface area contributed by atoms with Crippen molar-refractivity contribution in [3.05, 3.63) is 96.1 Å². The first-order valence-electron chi connectivity index (χ1n) is 14.0. The number of methoxy groups -OCH3 is 2. The molecule has 3 nitrogen and oxygen atoms in total. The number of hydrogen-bond acceptors (Lipinski definition) is 3. The zero-order valence-electron chi connectivity index (χ0n) is 24.5. The molecule has 210 valence electrons. The molecule has 0 heterocycles. The van der Waals surface area contributed by atoms with Gasteiger partial charge >= 0.3 is 0 Å². The largest absolute Gasteiger partial charge is 0.496 e. The summed E-state index contributed by atoms with van der Waals surface area (Å²) in [6.45, 7) is 9.60. The molecule has 0 aliphatic heterocycles. The molecule has 39 heavy (non-hydrogen) atoms. The van der Waals surface area contributed by atoms with Crippen molar-refractivity contribution in [2.75, 3.05) is 20.1 Å². The fraction of sp³-hybridized carbons (Fsp3) is 0.412. The topological polar surface area (TPSA) is 27.7 Å². The van der Waals surface area contributed by atoms with E-state index in [-0.39, 0.29) is 5.04 Å². The summed E-state index contributed by atoms with van der Waals surface area (Å²) in [5.41, 5.74) is 2.17. The van der Waals surface area contributed by atoms with Gasteiger partial charge in [-0.05, 0) is 51.9 Å². The maximum absolute atomic E-state index is 7.20. The van der Waals surface area contributed by atoms with Crippen molar-refractivity contribution in [2.45, 2.75) is 70.9 Å². The highest BCUT2D eigenvalue weighted by atomic mass is 35.5. The molecule has 0 spiro atoms. The molecule has 1 atom stereocenters. The van der Waals surface area contributed by atoms with Crippen LogP contribution in [0.1, 0.15) is 70.4 Å². The van der Waals surface area contributed by atoms with Gasteiger partial charge in [0.25, 0.3) is 8.32 Å². The molecule has 0 aromatic heterocycles. The Hall–Kier alpha value is -2.53. The van der Waals surface area contributed by atoms with Crippen LogP contribution >= 0.6 is 11.6 Å². The van der Waals surface area contributed by atoms with Gasteiger partial charge in [0.2, 0.25) is 0 Å². The first-order chi connectivity index (χ1) is 18.8.